The first-order chi connectivity index (χ1) is 12.1. The van der Waals surface area contributed by atoms with Gasteiger partial charge in [0, 0.05) is 36.3 Å². The molecule has 2 aromatic heterocycles. The van der Waals surface area contributed by atoms with E-state index in [9.17, 15) is 10.1 Å². The first-order valence-corrected chi connectivity index (χ1v) is 8.33. The highest BCUT2D eigenvalue weighted by molar-refractivity contribution is 7.07. The van der Waals surface area contributed by atoms with Crippen LogP contribution in [0.5, 0.6) is 0 Å². The second-order valence-electron chi connectivity index (χ2n) is 5.15. The minimum absolute atomic E-state index is 0.0377. The molecular weight excluding hydrogens is 338 g/mol. The average molecular weight is 353 g/mol. The molecule has 0 aliphatic rings. The molecule has 7 nitrogen and oxygen atoms in total. The van der Waals surface area contributed by atoms with Gasteiger partial charge in [0.25, 0.3) is 5.69 Å². The van der Waals surface area contributed by atoms with E-state index in [1.807, 2.05) is 36.6 Å². The van der Waals surface area contributed by atoms with Crippen molar-refractivity contribution in [1.29, 1.82) is 0 Å². The van der Waals surface area contributed by atoms with Gasteiger partial charge in [0.15, 0.2) is 0 Å². The van der Waals surface area contributed by atoms with Crippen LogP contribution in [0.1, 0.15) is 12.6 Å². The quantitative estimate of drug-likeness (QED) is 0.409. The van der Waals surface area contributed by atoms with Crippen LogP contribution in [-0.2, 0) is 0 Å². The van der Waals surface area contributed by atoms with Crippen LogP contribution < -0.4 is 4.80 Å². The van der Waals surface area contributed by atoms with Crippen LogP contribution in [-0.4, -0.2) is 27.3 Å². The maximum absolute atomic E-state index is 11.0. The minimum Gasteiger partial charge on any atom is -0.261 e. The fourth-order valence-corrected chi connectivity index (χ4v) is 3.10. The van der Waals surface area contributed by atoms with Crippen molar-refractivity contribution in [3.63, 3.8) is 0 Å². The molecular formula is C17H15N5O2S. The zero-order chi connectivity index (χ0) is 17.8. The van der Waals surface area contributed by atoms with Crippen molar-refractivity contribution in [2.45, 2.75) is 6.92 Å². The molecule has 0 aliphatic heterocycles. The second-order valence-corrected chi connectivity index (χ2v) is 5.98. The third kappa shape index (κ3) is 3.53. The molecule has 0 bridgehead atoms. The Morgan fingerprint density at radius 2 is 2.12 bits per heavy atom. The molecule has 1 aromatic carbocycles. The number of aromatic nitrogens is 2. The minimum atomic E-state index is -0.409. The first-order valence-electron chi connectivity index (χ1n) is 7.45. The Bertz CT molecular complexity index is 1010. The van der Waals surface area contributed by atoms with Crippen LogP contribution >= 0.6 is 11.3 Å². The first kappa shape index (κ1) is 16.7. The van der Waals surface area contributed by atoms with Crippen LogP contribution in [0.15, 0.2) is 64.1 Å². The number of nitrogens with zero attached hydrogens (tertiary/aromatic N) is 5. The molecule has 126 valence electrons. The van der Waals surface area contributed by atoms with E-state index in [2.05, 4.69) is 15.1 Å². The molecule has 3 aromatic rings. The van der Waals surface area contributed by atoms with Crippen molar-refractivity contribution in [1.82, 2.24) is 9.66 Å². The van der Waals surface area contributed by atoms with Gasteiger partial charge in [0.05, 0.1) is 22.0 Å². The van der Waals surface area contributed by atoms with Gasteiger partial charge in [-0.15, -0.1) is 11.3 Å². The van der Waals surface area contributed by atoms with Crippen molar-refractivity contribution in [2.75, 3.05) is 7.05 Å². The monoisotopic (exact) mass is 353 g/mol. The van der Waals surface area contributed by atoms with Gasteiger partial charge in [-0.1, -0.05) is 18.2 Å². The number of rotatable bonds is 4. The van der Waals surface area contributed by atoms with Crippen LogP contribution in [0.2, 0.25) is 0 Å². The molecule has 2 heterocycles. The summed E-state index contributed by atoms with van der Waals surface area (Å²) >= 11 is 1.42. The number of thiazole rings is 1. The Balaban J connectivity index is 2.14. The van der Waals surface area contributed by atoms with Crippen molar-refractivity contribution >= 4 is 22.7 Å². The molecule has 3 rings (SSSR count). The summed E-state index contributed by atoms with van der Waals surface area (Å²) in [5, 5.41) is 17.6. The van der Waals surface area contributed by atoms with Gasteiger partial charge in [0.2, 0.25) is 4.80 Å². The average Bonchev–Trinajstić information content (AvgIpc) is 3.05. The number of pyridine rings is 1. The molecule has 8 heteroatoms. The molecule has 0 saturated heterocycles. The highest BCUT2D eigenvalue weighted by Crippen LogP contribution is 2.24. The number of nitro benzene ring substituents is 1. The molecule has 0 saturated carbocycles. The Morgan fingerprint density at radius 1 is 1.28 bits per heavy atom. The summed E-state index contributed by atoms with van der Waals surface area (Å²) in [5.41, 5.74) is 2.96. The number of nitro groups is 1. The van der Waals surface area contributed by atoms with E-state index < -0.39 is 4.92 Å². The number of benzene rings is 1. The number of hydrogen-bond acceptors (Lipinski definition) is 6. The molecule has 0 atom stereocenters. The van der Waals surface area contributed by atoms with E-state index in [4.69, 9.17) is 0 Å². The Kier molecular flexibility index (Phi) is 4.80. The molecule has 0 spiro atoms. The molecule has 0 N–H and O–H groups in total. The lowest BCUT2D eigenvalue weighted by Gasteiger charge is -2.05. The van der Waals surface area contributed by atoms with Gasteiger partial charge in [-0.25, -0.2) is 4.68 Å². The van der Waals surface area contributed by atoms with Gasteiger partial charge in [-0.3, -0.25) is 20.1 Å². The van der Waals surface area contributed by atoms with Gasteiger partial charge in [-0.05, 0) is 19.1 Å². The Morgan fingerprint density at radius 3 is 2.80 bits per heavy atom. The maximum atomic E-state index is 11.0. The second kappa shape index (κ2) is 7.18. The molecule has 0 radical (unpaired) electrons. The fourth-order valence-electron chi connectivity index (χ4n) is 2.30. The SMILES string of the molecule is CN=c1scc(-c2cccc([N+](=O)[O-])c2)n1/N=C(\C)c1ccccn1. The Labute approximate surface area is 147 Å². The van der Waals surface area contributed by atoms with Crippen LogP contribution in [0.25, 0.3) is 11.3 Å². The van der Waals surface area contributed by atoms with Gasteiger partial charge in [0.1, 0.15) is 0 Å². The van der Waals surface area contributed by atoms with E-state index in [1.54, 1.807) is 24.0 Å². The zero-order valence-electron chi connectivity index (χ0n) is 13.7. The van der Waals surface area contributed by atoms with Crippen LogP contribution in [0.3, 0.4) is 0 Å². The van der Waals surface area contributed by atoms with Crippen molar-refractivity contribution in [3.8, 4) is 11.3 Å². The maximum Gasteiger partial charge on any atom is 0.270 e. The standard InChI is InChI=1S/C17H15N5O2S/c1-12(15-8-3-4-9-19-15)20-21-16(11-25-17(21)18-2)13-6-5-7-14(10-13)22(23)24/h3-11H,1-2H3/b18-17?,20-12+. The summed E-state index contributed by atoms with van der Waals surface area (Å²) in [6.07, 6.45) is 1.71. The predicted molar refractivity (Wildman–Crippen MR) is 97.7 cm³/mol. The number of hydrogen-bond donors (Lipinski definition) is 0. The summed E-state index contributed by atoms with van der Waals surface area (Å²) < 4.78 is 1.69. The smallest absolute Gasteiger partial charge is 0.261 e. The van der Waals surface area contributed by atoms with Crippen LogP contribution in [0, 0.1) is 10.1 Å². The van der Waals surface area contributed by atoms with Crippen LogP contribution in [0.4, 0.5) is 5.69 Å². The van der Waals surface area contributed by atoms with E-state index in [1.165, 1.54) is 23.5 Å². The molecule has 0 aliphatic carbocycles. The highest BCUT2D eigenvalue weighted by atomic mass is 32.1. The summed E-state index contributed by atoms with van der Waals surface area (Å²) in [4.78, 5) is 19.9. The van der Waals surface area contributed by atoms with Gasteiger partial charge >= 0.3 is 0 Å². The van der Waals surface area contributed by atoms with Gasteiger partial charge in [-0.2, -0.15) is 5.10 Å². The van der Waals surface area contributed by atoms with E-state index in [-0.39, 0.29) is 5.69 Å². The highest BCUT2D eigenvalue weighted by Gasteiger charge is 2.12. The molecule has 0 fully saturated rings. The van der Waals surface area contributed by atoms with Crippen molar-refractivity contribution in [2.24, 2.45) is 10.1 Å². The number of non-ortho nitro benzene ring substituents is 1. The summed E-state index contributed by atoms with van der Waals surface area (Å²) in [6.45, 7) is 1.86. The van der Waals surface area contributed by atoms with E-state index in [0.717, 1.165) is 17.1 Å². The lowest BCUT2D eigenvalue weighted by atomic mass is 10.1. The topological polar surface area (TPSA) is 85.7 Å². The van der Waals surface area contributed by atoms with Gasteiger partial charge < -0.3 is 0 Å². The summed E-state index contributed by atoms with van der Waals surface area (Å²) in [6, 6.07) is 12.1. The zero-order valence-corrected chi connectivity index (χ0v) is 14.5. The predicted octanol–water partition coefficient (Wildman–Crippen LogP) is 3.32. The van der Waals surface area contributed by atoms with E-state index >= 15 is 0 Å². The fraction of sp³-hybridized carbons (Fsp3) is 0.118. The van der Waals surface area contributed by atoms with E-state index in [0.29, 0.717) is 10.4 Å². The third-order valence-corrected chi connectivity index (χ3v) is 4.42. The lowest BCUT2D eigenvalue weighted by Crippen LogP contribution is -2.14. The largest absolute Gasteiger partial charge is 0.270 e. The normalized spacial score (nSPS) is 12.4. The molecule has 0 amide bonds. The summed E-state index contributed by atoms with van der Waals surface area (Å²) in [7, 11) is 1.69. The molecule has 25 heavy (non-hydrogen) atoms. The van der Waals surface area contributed by atoms with Crippen molar-refractivity contribution < 1.29 is 4.92 Å². The van der Waals surface area contributed by atoms with Crippen molar-refractivity contribution in [3.05, 3.63) is 74.7 Å². The summed E-state index contributed by atoms with van der Waals surface area (Å²) in [5.74, 6) is 0. The third-order valence-electron chi connectivity index (χ3n) is 3.51. The lowest BCUT2D eigenvalue weighted by molar-refractivity contribution is -0.384. The molecule has 0 unspecified atom stereocenters. The Hall–Kier alpha value is -3.13.